The summed E-state index contributed by atoms with van der Waals surface area (Å²) in [5, 5.41) is 0. The molecule has 0 amide bonds. The van der Waals surface area contributed by atoms with Crippen LogP contribution < -0.4 is 0 Å². The Morgan fingerprint density at radius 2 is 2.10 bits per heavy atom. The molecular weight excluding hydrogens is 280 g/mol. The topological polar surface area (TPSA) is 15.7 Å². The van der Waals surface area contributed by atoms with E-state index in [0.29, 0.717) is 12.1 Å². The molecule has 2 fully saturated rings. The molecule has 4 heteroatoms. The summed E-state index contributed by atoms with van der Waals surface area (Å²) in [7, 11) is 2.24. The third-order valence-electron chi connectivity index (χ3n) is 4.53. The molecule has 0 spiro atoms. The largest absolute Gasteiger partial charge is 0.374 e. The Morgan fingerprint density at radius 3 is 2.90 bits per heavy atom. The van der Waals surface area contributed by atoms with E-state index in [1.54, 1.807) is 0 Å². The van der Waals surface area contributed by atoms with Gasteiger partial charge >= 0.3 is 0 Å². The molecule has 21 heavy (non-hydrogen) atoms. The second-order valence-corrected chi connectivity index (χ2v) is 7.21. The Kier molecular flexibility index (Phi) is 5.58. The van der Waals surface area contributed by atoms with Gasteiger partial charge in [-0.1, -0.05) is 30.3 Å². The highest BCUT2D eigenvalue weighted by Crippen LogP contribution is 2.22. The first-order chi connectivity index (χ1) is 10.3. The fraction of sp³-hybridized carbons (Fsp3) is 0.647. The highest BCUT2D eigenvalue weighted by molar-refractivity contribution is 7.98. The van der Waals surface area contributed by atoms with Crippen molar-refractivity contribution in [3.8, 4) is 0 Å². The number of likely N-dealkylation sites (tertiary alicyclic amines) is 1. The molecule has 116 valence electrons. The molecule has 0 aliphatic carbocycles. The number of benzene rings is 1. The second-order valence-electron chi connectivity index (χ2n) is 6.11. The lowest BCUT2D eigenvalue weighted by atomic mass is 10.1. The van der Waals surface area contributed by atoms with Crippen molar-refractivity contribution in [1.82, 2.24) is 9.80 Å². The average Bonchev–Trinajstić information content (AvgIpc) is 2.92. The molecule has 2 aliphatic rings. The zero-order valence-electron chi connectivity index (χ0n) is 12.9. The molecule has 2 saturated heterocycles. The van der Waals surface area contributed by atoms with Gasteiger partial charge in [-0.05, 0) is 31.3 Å². The fourth-order valence-corrected chi connectivity index (χ4v) is 4.18. The standard InChI is InChI=1S/C17H26N2OS/c1-18-9-10-20-17-13-19(12-16(17)18)8-5-11-21-14-15-6-3-2-4-7-15/h2-4,6-7,16-17H,5,8-14H2,1H3. The van der Waals surface area contributed by atoms with Crippen molar-refractivity contribution in [2.24, 2.45) is 0 Å². The van der Waals surface area contributed by atoms with Gasteiger partial charge in [-0.15, -0.1) is 0 Å². The van der Waals surface area contributed by atoms with Crippen molar-refractivity contribution in [3.05, 3.63) is 35.9 Å². The van der Waals surface area contributed by atoms with E-state index in [-0.39, 0.29) is 0 Å². The summed E-state index contributed by atoms with van der Waals surface area (Å²) in [5.41, 5.74) is 1.43. The van der Waals surface area contributed by atoms with Crippen LogP contribution in [0.4, 0.5) is 0 Å². The Morgan fingerprint density at radius 1 is 1.24 bits per heavy atom. The molecule has 3 nitrogen and oxygen atoms in total. The highest BCUT2D eigenvalue weighted by atomic mass is 32.2. The van der Waals surface area contributed by atoms with Gasteiger partial charge in [0.05, 0.1) is 12.7 Å². The van der Waals surface area contributed by atoms with Crippen LogP contribution in [0, 0.1) is 0 Å². The normalized spacial score (nSPS) is 26.9. The second kappa shape index (κ2) is 7.63. The molecule has 2 aliphatic heterocycles. The van der Waals surface area contributed by atoms with Crippen molar-refractivity contribution in [3.63, 3.8) is 0 Å². The summed E-state index contributed by atoms with van der Waals surface area (Å²) in [4.78, 5) is 5.05. The van der Waals surface area contributed by atoms with Crippen LogP contribution in [0.1, 0.15) is 12.0 Å². The van der Waals surface area contributed by atoms with Crippen LogP contribution in [-0.2, 0) is 10.5 Å². The molecule has 0 aromatic heterocycles. The first-order valence-electron chi connectivity index (χ1n) is 7.99. The minimum Gasteiger partial charge on any atom is -0.374 e. The molecule has 0 bridgehead atoms. The summed E-state index contributed by atoms with van der Waals surface area (Å²) in [6.45, 7) is 5.51. The average molecular weight is 306 g/mol. The summed E-state index contributed by atoms with van der Waals surface area (Å²) in [6, 6.07) is 11.4. The molecule has 0 saturated carbocycles. The van der Waals surface area contributed by atoms with Gasteiger partial charge in [0.25, 0.3) is 0 Å². The lowest BCUT2D eigenvalue weighted by Gasteiger charge is -2.33. The number of thioether (sulfide) groups is 1. The monoisotopic (exact) mass is 306 g/mol. The van der Waals surface area contributed by atoms with Crippen LogP contribution in [-0.4, -0.2) is 67.5 Å². The minimum atomic E-state index is 0.445. The number of fused-ring (bicyclic) bond motifs is 1. The molecule has 1 aromatic rings. The Balaban J connectivity index is 1.31. The molecule has 2 heterocycles. The van der Waals surface area contributed by atoms with Gasteiger partial charge in [0, 0.05) is 31.4 Å². The Labute approximate surface area is 132 Å². The summed E-state index contributed by atoms with van der Waals surface area (Å²) in [5.74, 6) is 2.38. The van der Waals surface area contributed by atoms with Gasteiger partial charge in [0.1, 0.15) is 0 Å². The fourth-order valence-electron chi connectivity index (χ4n) is 3.27. The van der Waals surface area contributed by atoms with E-state index in [1.807, 2.05) is 11.8 Å². The van der Waals surface area contributed by atoms with Crippen molar-refractivity contribution < 1.29 is 4.74 Å². The number of rotatable bonds is 6. The van der Waals surface area contributed by atoms with E-state index in [9.17, 15) is 0 Å². The number of likely N-dealkylation sites (N-methyl/N-ethyl adjacent to an activating group) is 1. The van der Waals surface area contributed by atoms with Crippen molar-refractivity contribution in [2.75, 3.05) is 45.6 Å². The minimum absolute atomic E-state index is 0.445. The maximum Gasteiger partial charge on any atom is 0.0869 e. The van der Waals surface area contributed by atoms with Crippen LogP contribution in [0.5, 0.6) is 0 Å². The van der Waals surface area contributed by atoms with Gasteiger partial charge in [-0.3, -0.25) is 9.80 Å². The van der Waals surface area contributed by atoms with E-state index < -0.39 is 0 Å². The number of nitrogens with zero attached hydrogens (tertiary/aromatic N) is 2. The van der Waals surface area contributed by atoms with Gasteiger partial charge in [-0.2, -0.15) is 11.8 Å². The maximum absolute atomic E-state index is 5.90. The number of hydrogen-bond acceptors (Lipinski definition) is 4. The summed E-state index contributed by atoms with van der Waals surface area (Å²) < 4.78 is 5.90. The highest BCUT2D eigenvalue weighted by Gasteiger charge is 2.37. The first kappa shape index (κ1) is 15.3. The molecule has 2 atom stereocenters. The van der Waals surface area contributed by atoms with E-state index >= 15 is 0 Å². The molecular formula is C17H26N2OS. The lowest BCUT2D eigenvalue weighted by molar-refractivity contribution is -0.0369. The van der Waals surface area contributed by atoms with Crippen LogP contribution in [0.3, 0.4) is 0 Å². The summed E-state index contributed by atoms with van der Waals surface area (Å²) in [6.07, 6.45) is 1.72. The number of morpholine rings is 1. The van der Waals surface area contributed by atoms with Crippen LogP contribution in [0.2, 0.25) is 0 Å². The van der Waals surface area contributed by atoms with Crippen LogP contribution in [0.15, 0.2) is 30.3 Å². The molecule has 3 rings (SSSR count). The van der Waals surface area contributed by atoms with Crippen molar-refractivity contribution in [1.29, 1.82) is 0 Å². The smallest absolute Gasteiger partial charge is 0.0869 e. The van der Waals surface area contributed by atoms with Gasteiger partial charge in [-0.25, -0.2) is 0 Å². The van der Waals surface area contributed by atoms with E-state index in [4.69, 9.17) is 4.74 Å². The SMILES string of the molecule is CN1CCOC2CN(CCCSCc3ccccc3)CC21. The summed E-state index contributed by atoms with van der Waals surface area (Å²) >= 11 is 2.05. The lowest BCUT2D eigenvalue weighted by Crippen LogP contribution is -2.48. The van der Waals surface area contributed by atoms with Gasteiger partial charge in [0.15, 0.2) is 0 Å². The van der Waals surface area contributed by atoms with Crippen LogP contribution in [0.25, 0.3) is 0 Å². The molecule has 1 aromatic carbocycles. The number of hydrogen-bond donors (Lipinski definition) is 0. The predicted octanol–water partition coefficient (Wildman–Crippen LogP) is 2.32. The molecule has 0 radical (unpaired) electrons. The van der Waals surface area contributed by atoms with E-state index in [0.717, 1.165) is 25.4 Å². The van der Waals surface area contributed by atoms with E-state index in [2.05, 4.69) is 47.2 Å². The van der Waals surface area contributed by atoms with Crippen molar-refractivity contribution in [2.45, 2.75) is 24.3 Å². The quantitative estimate of drug-likeness (QED) is 0.749. The Bertz CT molecular complexity index is 428. The molecule has 0 N–H and O–H groups in total. The third-order valence-corrected chi connectivity index (χ3v) is 5.64. The number of ether oxygens (including phenoxy) is 1. The predicted molar refractivity (Wildman–Crippen MR) is 89.8 cm³/mol. The maximum atomic E-state index is 5.90. The molecule has 2 unspecified atom stereocenters. The first-order valence-corrected chi connectivity index (χ1v) is 9.14. The van der Waals surface area contributed by atoms with Crippen molar-refractivity contribution >= 4 is 11.8 Å². The van der Waals surface area contributed by atoms with Gasteiger partial charge in [0.2, 0.25) is 0 Å². The zero-order valence-corrected chi connectivity index (χ0v) is 13.7. The Hall–Kier alpha value is -0.550. The third kappa shape index (κ3) is 4.22. The van der Waals surface area contributed by atoms with E-state index in [1.165, 1.54) is 30.8 Å². The van der Waals surface area contributed by atoms with Crippen LogP contribution >= 0.6 is 11.8 Å². The zero-order chi connectivity index (χ0) is 14.5. The van der Waals surface area contributed by atoms with Gasteiger partial charge < -0.3 is 4.74 Å².